The molecule has 2 aliphatic carbocycles. The second-order valence-corrected chi connectivity index (χ2v) is 12.8. The molecule has 0 bridgehead atoms. The van der Waals surface area contributed by atoms with Gasteiger partial charge in [0.05, 0.1) is 0 Å². The maximum absolute atomic E-state index is 4.08. The molecule has 6 rings (SSSR count). The second kappa shape index (κ2) is 21.2. The van der Waals surface area contributed by atoms with Gasteiger partial charge in [0.1, 0.15) is 0 Å². The van der Waals surface area contributed by atoms with Gasteiger partial charge in [0.25, 0.3) is 0 Å². The second-order valence-electron chi connectivity index (χ2n) is 11.7. The van der Waals surface area contributed by atoms with Gasteiger partial charge in [-0.1, -0.05) is 76.9 Å². The Morgan fingerprint density at radius 3 is 1.25 bits per heavy atom. The third-order valence-electron chi connectivity index (χ3n) is 8.05. The Hall–Kier alpha value is -3.56. The molecule has 3 aromatic rings. The first-order valence-corrected chi connectivity index (χ1v) is 16.5. The van der Waals surface area contributed by atoms with Crippen molar-refractivity contribution in [2.45, 2.75) is 102 Å². The van der Waals surface area contributed by atoms with Gasteiger partial charge in [0.2, 0.25) is 0 Å². The summed E-state index contributed by atoms with van der Waals surface area (Å²) in [6, 6.07) is 14.5. The highest BCUT2D eigenvalue weighted by Gasteiger charge is 1.98. The summed E-state index contributed by atoms with van der Waals surface area (Å²) in [5.74, 6) is 0. The van der Waals surface area contributed by atoms with Crippen LogP contribution in [-0.4, -0.2) is 11.2 Å². The van der Waals surface area contributed by atoms with Crippen LogP contribution in [0.4, 0.5) is 0 Å². The highest BCUT2D eigenvalue weighted by molar-refractivity contribution is 7.10. The molecule has 0 atom stereocenters. The normalized spacial score (nSPS) is 14.0. The number of aliphatic imine (C=N–C) groups is 1. The molecular formula is C41H56N2S. The molecule has 0 unspecified atom stereocenters. The molecule has 3 heterocycles. The Kier molecular flexibility index (Phi) is 18.5. The van der Waals surface area contributed by atoms with E-state index in [4.69, 9.17) is 0 Å². The number of aromatic nitrogens is 1. The Morgan fingerprint density at radius 1 is 0.545 bits per heavy atom. The first-order valence-electron chi connectivity index (χ1n) is 15.6. The van der Waals surface area contributed by atoms with Gasteiger partial charge >= 0.3 is 0 Å². The van der Waals surface area contributed by atoms with Crippen LogP contribution < -0.4 is 0 Å². The number of rotatable bonds is 0. The summed E-state index contributed by atoms with van der Waals surface area (Å²) in [5, 5.41) is 2.12. The fourth-order valence-corrected chi connectivity index (χ4v) is 4.41. The van der Waals surface area contributed by atoms with E-state index >= 15 is 0 Å². The molecule has 44 heavy (non-hydrogen) atoms. The molecule has 0 saturated carbocycles. The van der Waals surface area contributed by atoms with E-state index in [1.807, 2.05) is 32.3 Å². The molecule has 3 heteroatoms. The lowest BCUT2D eigenvalue weighted by Gasteiger charge is -1.93. The lowest BCUT2D eigenvalue weighted by molar-refractivity contribution is 1.15. The number of aryl methyl sites for hydroxylation is 6. The standard InChI is InChI=1S/C8H10.C7H9N.2C7H10.C6H9N.C6H8S/c1-7-5-3-4-6-8(7)2;1-6-4-3-5-8-7(6)2;2*1-6-4-3-5-7(6)2;2*1-5-3-4-7-6(5)2/h3-6H,1-2H3;3-5H,1-2H3;2*3-4H,5H2,1-2H3;4H,3H2,1-2H3;3-4H,1-2H3. The van der Waals surface area contributed by atoms with Crippen molar-refractivity contribution in [3.8, 4) is 0 Å². The van der Waals surface area contributed by atoms with E-state index < -0.39 is 0 Å². The predicted octanol–water partition coefficient (Wildman–Crippen LogP) is 12.7. The summed E-state index contributed by atoms with van der Waals surface area (Å²) in [4.78, 5) is 9.58. The van der Waals surface area contributed by atoms with Crippen LogP contribution in [0.3, 0.4) is 0 Å². The number of benzene rings is 1. The zero-order valence-corrected chi connectivity index (χ0v) is 30.3. The zero-order chi connectivity index (χ0) is 33.1. The average molecular weight is 609 g/mol. The summed E-state index contributed by atoms with van der Waals surface area (Å²) in [6.45, 7) is 25.4. The minimum atomic E-state index is 1.06. The monoisotopic (exact) mass is 608 g/mol. The molecule has 1 aliphatic heterocycles. The summed E-state index contributed by atoms with van der Waals surface area (Å²) in [5.41, 5.74) is 15.0. The van der Waals surface area contributed by atoms with E-state index in [2.05, 4.69) is 145 Å². The van der Waals surface area contributed by atoms with Crippen molar-refractivity contribution in [2.75, 3.05) is 0 Å². The smallest absolute Gasteiger partial charge is 0.0401 e. The van der Waals surface area contributed by atoms with Crippen LogP contribution in [0, 0.1) is 41.5 Å². The molecule has 0 radical (unpaired) electrons. The summed E-state index contributed by atoms with van der Waals surface area (Å²) < 4.78 is 0. The Morgan fingerprint density at radius 2 is 1.07 bits per heavy atom. The fraction of sp³-hybridized carbons (Fsp3) is 0.366. The quantitative estimate of drug-likeness (QED) is 0.249. The van der Waals surface area contributed by atoms with Gasteiger partial charge < -0.3 is 0 Å². The largest absolute Gasteiger partial charge is 0.266 e. The predicted molar refractivity (Wildman–Crippen MR) is 199 cm³/mol. The lowest BCUT2D eigenvalue weighted by Crippen LogP contribution is -1.81. The molecular weight excluding hydrogens is 553 g/mol. The highest BCUT2D eigenvalue weighted by atomic mass is 32.1. The first kappa shape index (κ1) is 38.5. The number of allylic oxidation sites excluding steroid dienone is 10. The Labute approximate surface area is 273 Å². The summed E-state index contributed by atoms with van der Waals surface area (Å²) in [7, 11) is 0. The van der Waals surface area contributed by atoms with E-state index in [0.717, 1.165) is 12.1 Å². The van der Waals surface area contributed by atoms with Gasteiger partial charge in [-0.3, -0.25) is 9.98 Å². The van der Waals surface area contributed by atoms with E-state index in [1.54, 1.807) is 11.3 Å². The van der Waals surface area contributed by atoms with Crippen LogP contribution >= 0.6 is 11.3 Å². The minimum absolute atomic E-state index is 1.06. The van der Waals surface area contributed by atoms with Crippen molar-refractivity contribution in [1.29, 1.82) is 0 Å². The fourth-order valence-electron chi connectivity index (χ4n) is 3.68. The zero-order valence-electron chi connectivity index (χ0n) is 29.5. The van der Waals surface area contributed by atoms with Gasteiger partial charge in [-0.05, 0) is 141 Å². The highest BCUT2D eigenvalue weighted by Crippen LogP contribution is 2.17. The summed E-state index contributed by atoms with van der Waals surface area (Å²) in [6.07, 6.45) is 15.9. The molecule has 0 N–H and O–H groups in total. The molecule has 0 saturated heterocycles. The number of nitrogens with zero attached hydrogens (tertiary/aromatic N) is 2. The molecule has 0 spiro atoms. The summed E-state index contributed by atoms with van der Waals surface area (Å²) >= 11 is 1.80. The SMILES string of the molecule is CC1=C(C)CC=C1.CC1=C(C)CC=C1.CC1=C(C)N=CC1.Cc1ccccc1C.Cc1cccnc1C.Cc1ccsc1C. The van der Waals surface area contributed by atoms with Gasteiger partial charge in [-0.25, -0.2) is 0 Å². The number of hydrogen-bond donors (Lipinski definition) is 0. The molecule has 0 amide bonds. The van der Waals surface area contributed by atoms with E-state index in [9.17, 15) is 0 Å². The third kappa shape index (κ3) is 15.8. The van der Waals surface area contributed by atoms with E-state index in [-0.39, 0.29) is 0 Å². The van der Waals surface area contributed by atoms with Gasteiger partial charge in [-0.2, -0.15) is 0 Å². The van der Waals surface area contributed by atoms with Gasteiger partial charge in [-0.15, -0.1) is 11.3 Å². The topological polar surface area (TPSA) is 25.2 Å². The minimum Gasteiger partial charge on any atom is -0.266 e. The van der Waals surface area contributed by atoms with Crippen molar-refractivity contribution >= 4 is 17.6 Å². The average Bonchev–Trinajstić information content (AvgIpc) is 3.78. The molecule has 1 aromatic carbocycles. The Balaban J connectivity index is 0.000000264. The van der Waals surface area contributed by atoms with Crippen LogP contribution in [0.15, 0.2) is 117 Å². The number of hydrogen-bond acceptors (Lipinski definition) is 3. The lowest BCUT2D eigenvalue weighted by atomic mass is 10.1. The van der Waals surface area contributed by atoms with E-state index in [1.165, 1.54) is 73.5 Å². The molecule has 2 aromatic heterocycles. The molecule has 2 nitrogen and oxygen atoms in total. The maximum atomic E-state index is 4.08. The maximum Gasteiger partial charge on any atom is 0.0401 e. The molecule has 0 fully saturated rings. The number of pyridine rings is 1. The van der Waals surface area contributed by atoms with Gasteiger partial charge in [0, 0.05) is 35.1 Å². The Bertz CT molecular complexity index is 1310. The van der Waals surface area contributed by atoms with Crippen molar-refractivity contribution in [2.24, 2.45) is 4.99 Å². The van der Waals surface area contributed by atoms with Crippen LogP contribution in [0.1, 0.15) is 93.6 Å². The van der Waals surface area contributed by atoms with Crippen molar-refractivity contribution in [1.82, 2.24) is 4.98 Å². The van der Waals surface area contributed by atoms with Crippen molar-refractivity contribution in [3.63, 3.8) is 0 Å². The van der Waals surface area contributed by atoms with Crippen LogP contribution in [0.2, 0.25) is 0 Å². The van der Waals surface area contributed by atoms with Crippen molar-refractivity contribution < 1.29 is 0 Å². The van der Waals surface area contributed by atoms with Crippen LogP contribution in [0.5, 0.6) is 0 Å². The van der Waals surface area contributed by atoms with Crippen LogP contribution in [0.25, 0.3) is 0 Å². The molecule has 236 valence electrons. The van der Waals surface area contributed by atoms with E-state index in [0.29, 0.717) is 0 Å². The number of thiophene rings is 1. The molecule has 3 aliphatic rings. The third-order valence-corrected chi connectivity index (χ3v) is 8.99. The first-order chi connectivity index (χ1) is 20.8. The van der Waals surface area contributed by atoms with Crippen molar-refractivity contribution in [3.05, 3.63) is 145 Å². The van der Waals surface area contributed by atoms with Crippen LogP contribution in [-0.2, 0) is 0 Å². The van der Waals surface area contributed by atoms with Gasteiger partial charge in [0.15, 0.2) is 0 Å².